The van der Waals surface area contributed by atoms with Gasteiger partial charge in [0, 0.05) is 11.6 Å². The maximum atomic E-state index is 11.9. The minimum Gasteiger partial charge on any atom is -0.479 e. The molecule has 0 bridgehead atoms. The zero-order valence-corrected chi connectivity index (χ0v) is 20.1. The number of esters is 1. The number of hydrogen-bond donors (Lipinski definition) is 0. The molecule has 0 atom stereocenters. The smallest absolute Gasteiger partial charge is 0.341 e. The van der Waals surface area contributed by atoms with Gasteiger partial charge < -0.3 is 9.47 Å². The number of aromatic nitrogens is 6. The Morgan fingerprint density at radius 2 is 1.91 bits per heavy atom. The Kier molecular flexibility index (Phi) is 6.27. The van der Waals surface area contributed by atoms with Crippen LogP contribution in [0.2, 0.25) is 10.0 Å². The van der Waals surface area contributed by atoms with Crippen molar-refractivity contribution in [3.05, 3.63) is 58.0 Å². The Labute approximate surface area is 200 Å². The molecule has 3 heterocycles. The van der Waals surface area contributed by atoms with Gasteiger partial charge in [0.2, 0.25) is 5.88 Å². The number of halogens is 2. The van der Waals surface area contributed by atoms with Gasteiger partial charge in [-0.3, -0.25) is 4.68 Å². The monoisotopic (exact) mass is 488 g/mol. The largest absolute Gasteiger partial charge is 0.479 e. The molecule has 9 nitrogen and oxygen atoms in total. The van der Waals surface area contributed by atoms with Crippen LogP contribution in [0.5, 0.6) is 5.88 Å². The van der Waals surface area contributed by atoms with E-state index in [2.05, 4.69) is 34.0 Å². The summed E-state index contributed by atoms with van der Waals surface area (Å²) in [5, 5.41) is 9.70. The Morgan fingerprint density at radius 1 is 1.12 bits per heavy atom. The average molecular weight is 489 g/mol. The van der Waals surface area contributed by atoms with Crippen LogP contribution in [-0.4, -0.2) is 49.2 Å². The Balaban J connectivity index is 1.70. The Hall–Kier alpha value is -3.17. The van der Waals surface area contributed by atoms with Gasteiger partial charge in [0.1, 0.15) is 11.0 Å². The van der Waals surface area contributed by atoms with Crippen molar-refractivity contribution >= 4 is 40.2 Å². The number of fused-ring (bicyclic) bond motifs is 1. The van der Waals surface area contributed by atoms with E-state index in [1.165, 1.54) is 24.2 Å². The van der Waals surface area contributed by atoms with Gasteiger partial charge in [-0.15, -0.1) is 0 Å². The van der Waals surface area contributed by atoms with Crippen molar-refractivity contribution in [2.24, 2.45) is 0 Å². The number of methoxy groups -OCH3 is 1. The lowest BCUT2D eigenvalue weighted by molar-refractivity contribution is 0.0526. The average Bonchev–Trinajstić information content (AvgIpc) is 3.43. The summed E-state index contributed by atoms with van der Waals surface area (Å²) in [4.78, 5) is 21.0. The van der Waals surface area contributed by atoms with Crippen LogP contribution in [-0.2, 0) is 16.7 Å². The predicted molar refractivity (Wildman–Crippen MR) is 124 cm³/mol. The summed E-state index contributed by atoms with van der Waals surface area (Å²) in [6.07, 6.45) is 4.56. The first kappa shape index (κ1) is 23.0. The van der Waals surface area contributed by atoms with Crippen molar-refractivity contribution in [3.8, 4) is 11.8 Å². The normalized spacial score (nSPS) is 11.7. The Morgan fingerprint density at radius 3 is 2.61 bits per heavy atom. The third-order valence-corrected chi connectivity index (χ3v) is 5.92. The maximum Gasteiger partial charge on any atom is 0.341 e. The standard InChI is InChI=1S/C22H22Cl2N6O3/c1-5-33-20(31)13-9-25-29(11-13)21-27-17-10-26-30(18(17)19(28-21)32-4)12-22(2,3)14-6-7-15(23)16(24)8-14/h6-11H,5,12H2,1-4H3. The van der Waals surface area contributed by atoms with E-state index in [4.69, 9.17) is 32.7 Å². The highest BCUT2D eigenvalue weighted by atomic mass is 35.5. The van der Waals surface area contributed by atoms with E-state index in [-0.39, 0.29) is 18.0 Å². The van der Waals surface area contributed by atoms with Crippen LogP contribution >= 0.6 is 23.2 Å². The maximum absolute atomic E-state index is 11.9. The Bertz CT molecular complexity index is 1330. The summed E-state index contributed by atoms with van der Waals surface area (Å²) in [5.74, 6) is 0.123. The fourth-order valence-electron chi connectivity index (χ4n) is 3.45. The number of rotatable bonds is 7. The van der Waals surface area contributed by atoms with Crippen LogP contribution < -0.4 is 4.74 Å². The number of benzene rings is 1. The zero-order valence-electron chi connectivity index (χ0n) is 18.5. The lowest BCUT2D eigenvalue weighted by atomic mass is 9.84. The van der Waals surface area contributed by atoms with Gasteiger partial charge in [0.15, 0.2) is 0 Å². The molecule has 0 N–H and O–H groups in total. The molecule has 0 saturated carbocycles. The van der Waals surface area contributed by atoms with E-state index in [1.807, 2.05) is 12.1 Å². The van der Waals surface area contributed by atoms with Crippen molar-refractivity contribution < 1.29 is 14.3 Å². The van der Waals surface area contributed by atoms with Crippen molar-refractivity contribution in [2.75, 3.05) is 13.7 Å². The molecule has 0 aliphatic rings. The van der Waals surface area contributed by atoms with Crippen molar-refractivity contribution in [1.82, 2.24) is 29.5 Å². The molecule has 0 unspecified atom stereocenters. The molecule has 4 aromatic rings. The number of nitrogens with zero attached hydrogens (tertiary/aromatic N) is 6. The highest BCUT2D eigenvalue weighted by Gasteiger charge is 2.25. The first-order valence-corrected chi connectivity index (χ1v) is 10.9. The minimum absolute atomic E-state index is 0.248. The van der Waals surface area contributed by atoms with E-state index < -0.39 is 5.97 Å². The summed E-state index contributed by atoms with van der Waals surface area (Å²) in [6.45, 7) is 6.70. The molecule has 0 amide bonds. The van der Waals surface area contributed by atoms with E-state index in [0.717, 1.165) is 5.56 Å². The van der Waals surface area contributed by atoms with Crippen LogP contribution in [0.4, 0.5) is 0 Å². The molecule has 0 aliphatic carbocycles. The van der Waals surface area contributed by atoms with Gasteiger partial charge in [-0.05, 0) is 24.6 Å². The second kappa shape index (κ2) is 8.99. The SMILES string of the molecule is CCOC(=O)c1cnn(-c2nc(OC)c3c(cnn3CC(C)(C)c3ccc(Cl)c(Cl)c3)n2)c1. The molecular formula is C22H22Cl2N6O3. The van der Waals surface area contributed by atoms with E-state index in [1.54, 1.807) is 23.9 Å². The molecule has 4 rings (SSSR count). The summed E-state index contributed by atoms with van der Waals surface area (Å²) < 4.78 is 13.8. The van der Waals surface area contributed by atoms with Gasteiger partial charge in [-0.2, -0.15) is 15.2 Å². The van der Waals surface area contributed by atoms with Crippen LogP contribution in [0.1, 0.15) is 36.7 Å². The molecule has 0 fully saturated rings. The number of ether oxygens (including phenoxy) is 2. The second-order valence-corrected chi connectivity index (χ2v) is 8.79. The first-order valence-electron chi connectivity index (χ1n) is 10.2. The lowest BCUT2D eigenvalue weighted by Gasteiger charge is -2.26. The van der Waals surface area contributed by atoms with E-state index >= 15 is 0 Å². The molecule has 3 aromatic heterocycles. The predicted octanol–water partition coefficient (Wildman–Crippen LogP) is 4.48. The molecule has 0 radical (unpaired) electrons. The number of hydrogen-bond acceptors (Lipinski definition) is 7. The van der Waals surface area contributed by atoms with Crippen molar-refractivity contribution in [3.63, 3.8) is 0 Å². The van der Waals surface area contributed by atoms with Crippen LogP contribution in [0.15, 0.2) is 36.8 Å². The molecule has 0 aliphatic heterocycles. The minimum atomic E-state index is -0.464. The molecule has 33 heavy (non-hydrogen) atoms. The van der Waals surface area contributed by atoms with Gasteiger partial charge >= 0.3 is 5.97 Å². The van der Waals surface area contributed by atoms with Gasteiger partial charge in [0.05, 0.1) is 48.3 Å². The van der Waals surface area contributed by atoms with E-state index in [9.17, 15) is 4.79 Å². The van der Waals surface area contributed by atoms with E-state index in [0.29, 0.717) is 39.1 Å². The van der Waals surface area contributed by atoms with Gasteiger partial charge in [0.25, 0.3) is 5.95 Å². The lowest BCUT2D eigenvalue weighted by Crippen LogP contribution is -2.25. The molecule has 172 valence electrons. The zero-order chi connectivity index (χ0) is 23.8. The fraction of sp³-hybridized carbons (Fsp3) is 0.318. The topological polar surface area (TPSA) is 97.0 Å². The molecule has 0 saturated heterocycles. The van der Waals surface area contributed by atoms with Gasteiger partial charge in [-0.1, -0.05) is 43.1 Å². The number of carbonyl (C=O) groups excluding carboxylic acids is 1. The third kappa shape index (κ3) is 4.51. The molecular weight excluding hydrogens is 467 g/mol. The molecule has 11 heteroatoms. The van der Waals surface area contributed by atoms with Gasteiger partial charge in [-0.25, -0.2) is 14.5 Å². The summed E-state index contributed by atoms with van der Waals surface area (Å²) in [6, 6.07) is 5.59. The fourth-order valence-corrected chi connectivity index (χ4v) is 3.75. The quantitative estimate of drug-likeness (QED) is 0.353. The first-order chi connectivity index (χ1) is 15.7. The molecule has 0 spiro atoms. The highest BCUT2D eigenvalue weighted by Crippen LogP contribution is 2.33. The summed E-state index contributed by atoms with van der Waals surface area (Å²) in [7, 11) is 1.53. The number of carbonyl (C=O) groups is 1. The summed E-state index contributed by atoms with van der Waals surface area (Å²) in [5.41, 5.74) is 2.22. The molecule has 1 aromatic carbocycles. The highest BCUT2D eigenvalue weighted by molar-refractivity contribution is 6.42. The third-order valence-electron chi connectivity index (χ3n) is 5.18. The van der Waals surface area contributed by atoms with Crippen LogP contribution in [0.25, 0.3) is 17.0 Å². The van der Waals surface area contributed by atoms with Crippen molar-refractivity contribution in [1.29, 1.82) is 0 Å². The van der Waals surface area contributed by atoms with Crippen LogP contribution in [0.3, 0.4) is 0 Å². The second-order valence-electron chi connectivity index (χ2n) is 7.98. The van der Waals surface area contributed by atoms with Crippen LogP contribution in [0, 0.1) is 0 Å². The van der Waals surface area contributed by atoms with Crippen molar-refractivity contribution in [2.45, 2.75) is 32.7 Å². The summed E-state index contributed by atoms with van der Waals surface area (Å²) >= 11 is 12.3.